The molecule has 1 fully saturated rings. The molecule has 0 bridgehead atoms. The van der Waals surface area contributed by atoms with Crippen LogP contribution in [0.5, 0.6) is 5.75 Å². The number of esters is 1. The van der Waals surface area contributed by atoms with E-state index < -0.39 is 0 Å². The van der Waals surface area contributed by atoms with Crippen molar-refractivity contribution in [3.8, 4) is 5.75 Å². The number of rotatable bonds is 3. The molecule has 1 amide bonds. The van der Waals surface area contributed by atoms with Crippen LogP contribution in [-0.4, -0.2) is 29.2 Å². The molecule has 5 nitrogen and oxygen atoms in total. The van der Waals surface area contributed by atoms with E-state index >= 15 is 0 Å². The number of para-hydroxylation sites is 1. The summed E-state index contributed by atoms with van der Waals surface area (Å²) in [6, 6.07) is 7.20. The van der Waals surface area contributed by atoms with Crippen molar-refractivity contribution in [1.82, 2.24) is 4.90 Å². The van der Waals surface area contributed by atoms with E-state index in [2.05, 4.69) is 4.99 Å². The molecule has 0 saturated carbocycles. The lowest BCUT2D eigenvalue weighted by molar-refractivity contribution is -0.134. The molecule has 3 rings (SSSR count). The zero-order chi connectivity index (χ0) is 16.2. The van der Waals surface area contributed by atoms with E-state index in [1.165, 1.54) is 0 Å². The van der Waals surface area contributed by atoms with Gasteiger partial charge in [0.2, 0.25) is 0 Å². The Morgan fingerprint density at radius 1 is 1.30 bits per heavy atom. The standard InChI is InChI=1S/C18H20N2O3/c1-2-17(21)23-15-9-6-5-8-13(15)12-14-18(22)20-11-7-3-4-10-16(20)19-14/h5-6,8-9,12H,2-4,7,10-11H2,1H3/b14-12-. The van der Waals surface area contributed by atoms with Crippen LogP contribution in [0.1, 0.15) is 44.6 Å². The van der Waals surface area contributed by atoms with Crippen molar-refractivity contribution >= 4 is 23.8 Å². The molecule has 0 aliphatic carbocycles. The summed E-state index contributed by atoms with van der Waals surface area (Å²) >= 11 is 0. The molecular weight excluding hydrogens is 292 g/mol. The van der Waals surface area contributed by atoms with Crippen LogP contribution >= 0.6 is 0 Å². The Kier molecular flexibility index (Phi) is 4.55. The molecule has 2 aliphatic rings. The number of fused-ring (bicyclic) bond motifs is 1. The van der Waals surface area contributed by atoms with E-state index in [4.69, 9.17) is 4.74 Å². The van der Waals surface area contributed by atoms with Crippen LogP contribution in [0.2, 0.25) is 0 Å². The van der Waals surface area contributed by atoms with Crippen molar-refractivity contribution in [1.29, 1.82) is 0 Å². The monoisotopic (exact) mass is 312 g/mol. The Morgan fingerprint density at radius 2 is 2.13 bits per heavy atom. The van der Waals surface area contributed by atoms with Crippen LogP contribution in [0, 0.1) is 0 Å². The van der Waals surface area contributed by atoms with Gasteiger partial charge in [0.25, 0.3) is 5.91 Å². The van der Waals surface area contributed by atoms with Gasteiger partial charge in [0.05, 0.1) is 0 Å². The van der Waals surface area contributed by atoms with Crippen molar-refractivity contribution in [2.24, 2.45) is 4.99 Å². The van der Waals surface area contributed by atoms with Gasteiger partial charge in [-0.2, -0.15) is 0 Å². The molecule has 0 radical (unpaired) electrons. The summed E-state index contributed by atoms with van der Waals surface area (Å²) in [7, 11) is 0. The maximum Gasteiger partial charge on any atom is 0.310 e. The van der Waals surface area contributed by atoms with Crippen molar-refractivity contribution in [3.63, 3.8) is 0 Å². The minimum atomic E-state index is -0.297. The third-order valence-electron chi connectivity index (χ3n) is 4.03. The molecule has 0 aromatic heterocycles. The number of nitrogens with zero attached hydrogens (tertiary/aromatic N) is 2. The predicted molar refractivity (Wildman–Crippen MR) is 88.0 cm³/mol. The second kappa shape index (κ2) is 6.77. The fourth-order valence-corrected chi connectivity index (χ4v) is 2.78. The maximum absolute atomic E-state index is 12.5. The Bertz CT molecular complexity index is 691. The summed E-state index contributed by atoms with van der Waals surface area (Å²) in [6.45, 7) is 2.48. The normalized spacial score (nSPS) is 19.3. The predicted octanol–water partition coefficient (Wildman–Crippen LogP) is 3.16. The third-order valence-corrected chi connectivity index (χ3v) is 4.03. The molecule has 23 heavy (non-hydrogen) atoms. The number of hydrogen-bond acceptors (Lipinski definition) is 4. The molecule has 1 aromatic carbocycles. The highest BCUT2D eigenvalue weighted by atomic mass is 16.5. The molecule has 2 heterocycles. The number of hydrogen-bond donors (Lipinski definition) is 0. The van der Waals surface area contributed by atoms with Crippen molar-refractivity contribution in [2.75, 3.05) is 6.54 Å². The summed E-state index contributed by atoms with van der Waals surface area (Å²) in [5.74, 6) is 0.969. The molecule has 5 heteroatoms. The SMILES string of the molecule is CCC(=O)Oc1ccccc1/C=C1\N=C2CCCCCN2C1=O. The lowest BCUT2D eigenvalue weighted by Crippen LogP contribution is -2.31. The van der Waals surface area contributed by atoms with E-state index in [9.17, 15) is 9.59 Å². The van der Waals surface area contributed by atoms with Gasteiger partial charge in [-0.05, 0) is 25.0 Å². The number of carbonyl (C=O) groups excluding carboxylic acids is 2. The highest BCUT2D eigenvalue weighted by Crippen LogP contribution is 2.27. The van der Waals surface area contributed by atoms with E-state index in [0.717, 1.165) is 38.1 Å². The summed E-state index contributed by atoms with van der Waals surface area (Å²) in [5, 5.41) is 0. The van der Waals surface area contributed by atoms with E-state index in [-0.39, 0.29) is 11.9 Å². The molecule has 120 valence electrons. The zero-order valence-corrected chi connectivity index (χ0v) is 13.2. The third kappa shape index (κ3) is 3.33. The lowest BCUT2D eigenvalue weighted by Gasteiger charge is -2.14. The number of benzene rings is 1. The van der Waals surface area contributed by atoms with E-state index in [0.29, 0.717) is 23.4 Å². The fraction of sp³-hybridized carbons (Fsp3) is 0.389. The zero-order valence-electron chi connectivity index (χ0n) is 13.2. The number of amides is 1. The second-order valence-corrected chi connectivity index (χ2v) is 5.69. The van der Waals surface area contributed by atoms with Crippen LogP contribution in [0.3, 0.4) is 0 Å². The Morgan fingerprint density at radius 3 is 2.96 bits per heavy atom. The largest absolute Gasteiger partial charge is 0.426 e. The first-order chi connectivity index (χ1) is 11.2. The van der Waals surface area contributed by atoms with Crippen LogP contribution in [-0.2, 0) is 9.59 Å². The molecule has 0 unspecified atom stereocenters. The number of carbonyl (C=O) groups is 2. The molecule has 0 N–H and O–H groups in total. The van der Waals surface area contributed by atoms with Gasteiger partial charge in [-0.3, -0.25) is 14.5 Å². The molecule has 2 aliphatic heterocycles. The van der Waals surface area contributed by atoms with Crippen LogP contribution in [0.15, 0.2) is 35.0 Å². The Balaban J connectivity index is 1.90. The van der Waals surface area contributed by atoms with Gasteiger partial charge in [-0.25, -0.2) is 4.99 Å². The fourth-order valence-electron chi connectivity index (χ4n) is 2.78. The van der Waals surface area contributed by atoms with Crippen molar-refractivity contribution in [3.05, 3.63) is 35.5 Å². The summed E-state index contributed by atoms with van der Waals surface area (Å²) in [6.07, 6.45) is 6.08. The second-order valence-electron chi connectivity index (χ2n) is 5.69. The molecule has 1 aromatic rings. The average Bonchev–Trinajstić information content (AvgIpc) is 2.74. The molecule has 1 saturated heterocycles. The van der Waals surface area contributed by atoms with E-state index in [1.807, 2.05) is 12.1 Å². The van der Waals surface area contributed by atoms with Gasteiger partial charge >= 0.3 is 5.97 Å². The van der Waals surface area contributed by atoms with Gasteiger partial charge < -0.3 is 4.74 Å². The van der Waals surface area contributed by atoms with Gasteiger partial charge in [0.1, 0.15) is 17.3 Å². The first kappa shape index (κ1) is 15.5. The number of aliphatic imine (C=N–C) groups is 1. The molecular formula is C18H20N2O3. The number of ether oxygens (including phenoxy) is 1. The van der Waals surface area contributed by atoms with Crippen LogP contribution < -0.4 is 4.74 Å². The maximum atomic E-state index is 12.5. The van der Waals surface area contributed by atoms with Crippen LogP contribution in [0.25, 0.3) is 6.08 Å². The first-order valence-electron chi connectivity index (χ1n) is 8.10. The topological polar surface area (TPSA) is 59.0 Å². The summed E-state index contributed by atoms with van der Waals surface area (Å²) in [4.78, 5) is 30.3. The van der Waals surface area contributed by atoms with E-state index in [1.54, 1.807) is 30.0 Å². The summed E-state index contributed by atoms with van der Waals surface area (Å²) < 4.78 is 5.32. The lowest BCUT2D eigenvalue weighted by atomic mass is 10.1. The minimum Gasteiger partial charge on any atom is -0.426 e. The number of amidine groups is 1. The highest BCUT2D eigenvalue weighted by Gasteiger charge is 2.30. The summed E-state index contributed by atoms with van der Waals surface area (Å²) in [5.41, 5.74) is 1.11. The van der Waals surface area contributed by atoms with Gasteiger partial charge in [0, 0.05) is 24.9 Å². The van der Waals surface area contributed by atoms with Gasteiger partial charge in [-0.15, -0.1) is 0 Å². The quantitative estimate of drug-likeness (QED) is 0.489. The van der Waals surface area contributed by atoms with Gasteiger partial charge in [-0.1, -0.05) is 31.5 Å². The molecule has 0 spiro atoms. The van der Waals surface area contributed by atoms with Gasteiger partial charge in [0.15, 0.2) is 0 Å². The first-order valence-corrected chi connectivity index (χ1v) is 8.10. The Hall–Kier alpha value is -2.43. The van der Waals surface area contributed by atoms with Crippen molar-refractivity contribution in [2.45, 2.75) is 39.0 Å². The van der Waals surface area contributed by atoms with Crippen LogP contribution in [0.4, 0.5) is 0 Å². The molecule has 0 atom stereocenters. The highest BCUT2D eigenvalue weighted by molar-refractivity contribution is 6.14. The van der Waals surface area contributed by atoms with Crippen molar-refractivity contribution < 1.29 is 14.3 Å². The smallest absolute Gasteiger partial charge is 0.310 e. The minimum absolute atomic E-state index is 0.0569. The average molecular weight is 312 g/mol. The Labute approximate surface area is 135 Å².